The van der Waals surface area contributed by atoms with Crippen LogP contribution < -0.4 is 0 Å². The van der Waals surface area contributed by atoms with Crippen LogP contribution in [-0.4, -0.2) is 29.1 Å². The van der Waals surface area contributed by atoms with Gasteiger partial charge in [0.15, 0.2) is 0 Å². The molecule has 1 aliphatic rings. The van der Waals surface area contributed by atoms with E-state index < -0.39 is 0 Å². The minimum Gasteiger partial charge on any atom is -0.356 e. The van der Waals surface area contributed by atoms with Crippen LogP contribution in [0.1, 0.15) is 284 Å². The third-order valence-electron chi connectivity index (χ3n) is 12.1. The monoisotopic (exact) mass is 715 g/mol. The molecule has 0 aromatic carbocycles. The summed E-state index contributed by atoms with van der Waals surface area (Å²) in [6, 6.07) is 0. The second kappa shape index (κ2) is 40.5. The van der Waals surface area contributed by atoms with Crippen molar-refractivity contribution >= 4 is 0 Å². The van der Waals surface area contributed by atoms with Gasteiger partial charge in [0.2, 0.25) is 0 Å². The van der Waals surface area contributed by atoms with Crippen molar-refractivity contribution in [3.05, 3.63) is 12.4 Å². The Kier molecular flexibility index (Phi) is 38.4. The van der Waals surface area contributed by atoms with Gasteiger partial charge in [-0.2, -0.15) is 0 Å². The van der Waals surface area contributed by atoms with Crippen LogP contribution >= 0.6 is 0 Å². The Balaban J connectivity index is 2.19. The quantitative estimate of drug-likeness (QED) is 0.0580. The highest BCUT2D eigenvalue weighted by molar-refractivity contribution is 4.97. The fraction of sp³-hybridized carbons (Fsp3) is 0.959. The van der Waals surface area contributed by atoms with E-state index in [1.54, 1.807) is 0 Å². The van der Waals surface area contributed by atoms with Crippen molar-refractivity contribution in [1.29, 1.82) is 0 Å². The van der Waals surface area contributed by atoms with E-state index in [2.05, 4.69) is 43.0 Å². The topological polar surface area (TPSA) is 6.48 Å². The molecule has 0 fully saturated rings. The van der Waals surface area contributed by atoms with Gasteiger partial charge in [-0.15, -0.1) is 0 Å². The highest BCUT2D eigenvalue weighted by Crippen LogP contribution is 2.24. The molecule has 0 aromatic rings. The summed E-state index contributed by atoms with van der Waals surface area (Å²) in [6.07, 6.45) is 64.9. The van der Waals surface area contributed by atoms with Crippen LogP contribution in [-0.2, 0) is 0 Å². The van der Waals surface area contributed by atoms with Crippen LogP contribution in [0.4, 0.5) is 0 Å². The first-order valence-electron chi connectivity index (χ1n) is 24.5. The van der Waals surface area contributed by atoms with E-state index in [0.717, 1.165) is 0 Å². The van der Waals surface area contributed by atoms with Gasteiger partial charge >= 0.3 is 0 Å². The van der Waals surface area contributed by atoms with Gasteiger partial charge in [0.05, 0.1) is 0 Å². The van der Waals surface area contributed by atoms with Crippen molar-refractivity contribution in [1.82, 2.24) is 9.80 Å². The third-order valence-corrected chi connectivity index (χ3v) is 12.1. The fourth-order valence-corrected chi connectivity index (χ4v) is 8.48. The Bertz CT molecular complexity index is 673. The molecular formula is C49H98N2. The van der Waals surface area contributed by atoms with E-state index in [1.165, 1.54) is 276 Å². The maximum absolute atomic E-state index is 2.74. The molecule has 1 heterocycles. The smallest absolute Gasteiger partial charge is 0.101 e. The van der Waals surface area contributed by atoms with Crippen LogP contribution in [0.5, 0.6) is 0 Å². The zero-order chi connectivity index (χ0) is 36.6. The van der Waals surface area contributed by atoms with Crippen LogP contribution in [0.2, 0.25) is 0 Å². The molecule has 0 N–H and O–H groups in total. The molecule has 1 rings (SSSR count). The van der Waals surface area contributed by atoms with Crippen LogP contribution in [0.3, 0.4) is 0 Å². The van der Waals surface area contributed by atoms with Gasteiger partial charge in [0.25, 0.3) is 0 Å². The summed E-state index contributed by atoms with van der Waals surface area (Å²) in [5.74, 6) is 0. The van der Waals surface area contributed by atoms with Crippen LogP contribution in [0.25, 0.3) is 0 Å². The zero-order valence-corrected chi connectivity index (χ0v) is 36.0. The summed E-state index contributed by atoms with van der Waals surface area (Å²) in [6.45, 7) is 9.49. The van der Waals surface area contributed by atoms with Crippen molar-refractivity contribution in [3.8, 4) is 0 Å². The third kappa shape index (κ3) is 32.5. The Morgan fingerprint density at radius 3 is 0.686 bits per heavy atom. The first-order valence-corrected chi connectivity index (χ1v) is 24.5. The second-order valence-corrected chi connectivity index (χ2v) is 17.1. The molecule has 2 nitrogen and oxygen atoms in total. The van der Waals surface area contributed by atoms with Crippen LogP contribution in [0, 0.1) is 0 Å². The Labute approximate surface area is 324 Å². The van der Waals surface area contributed by atoms with Crippen LogP contribution in [0.15, 0.2) is 12.4 Å². The summed E-state index contributed by atoms with van der Waals surface area (Å²) in [5, 5.41) is 0. The lowest BCUT2D eigenvalue weighted by Gasteiger charge is -2.33. The van der Waals surface area contributed by atoms with E-state index in [-0.39, 0.29) is 0 Å². The van der Waals surface area contributed by atoms with Gasteiger partial charge in [-0.1, -0.05) is 258 Å². The number of hydrogen-bond acceptors (Lipinski definition) is 2. The molecular weight excluding hydrogens is 617 g/mol. The molecule has 0 aromatic heterocycles. The molecule has 1 atom stereocenters. The minimum absolute atomic E-state index is 0.636. The maximum atomic E-state index is 2.74. The Morgan fingerprint density at radius 2 is 0.451 bits per heavy atom. The summed E-state index contributed by atoms with van der Waals surface area (Å²) < 4.78 is 0. The molecule has 0 spiro atoms. The number of hydrogen-bond donors (Lipinski definition) is 0. The predicted octanol–water partition coefficient (Wildman–Crippen LogP) is 17.5. The molecule has 51 heavy (non-hydrogen) atoms. The average molecular weight is 715 g/mol. The first-order chi connectivity index (χ1) is 25.3. The Morgan fingerprint density at radius 1 is 0.255 bits per heavy atom. The molecule has 0 bridgehead atoms. The van der Waals surface area contributed by atoms with Gasteiger partial charge in [-0.05, 0) is 25.7 Å². The molecule has 0 amide bonds. The average Bonchev–Trinajstić information content (AvgIpc) is 3.53. The standard InChI is InChI=1S/C49H98N2/c1-4-7-10-13-16-19-22-24-26-27-28-30-32-35-38-41-44-49-50(45-42-39-36-33-21-18-15-12-9-6-3)47-48-51(49)46-43-40-37-34-31-29-25-23-20-17-14-11-8-5-2/h47-49H,4-46H2,1-3H3. The summed E-state index contributed by atoms with van der Waals surface area (Å²) in [4.78, 5) is 5.47. The summed E-state index contributed by atoms with van der Waals surface area (Å²) in [5.41, 5.74) is 0. The maximum Gasteiger partial charge on any atom is 0.101 e. The molecule has 0 radical (unpaired) electrons. The number of nitrogens with zero attached hydrogens (tertiary/aromatic N) is 2. The number of rotatable bonds is 43. The van der Waals surface area contributed by atoms with Crippen molar-refractivity contribution in [2.24, 2.45) is 0 Å². The summed E-state index contributed by atoms with van der Waals surface area (Å²) in [7, 11) is 0. The minimum atomic E-state index is 0.636. The van der Waals surface area contributed by atoms with E-state index in [1.807, 2.05) is 0 Å². The van der Waals surface area contributed by atoms with Gasteiger partial charge in [-0.25, -0.2) is 0 Å². The molecule has 0 saturated heterocycles. The van der Waals surface area contributed by atoms with Gasteiger partial charge in [0.1, 0.15) is 6.17 Å². The molecule has 2 heteroatoms. The van der Waals surface area contributed by atoms with Gasteiger partial charge in [0, 0.05) is 25.5 Å². The molecule has 0 saturated carbocycles. The van der Waals surface area contributed by atoms with Crippen molar-refractivity contribution < 1.29 is 0 Å². The SMILES string of the molecule is CCCCCCCCCCCCCCCCCCC1N(CCCCCCCCCCCC)C=CN1CCCCCCCCCCCCCCCC. The molecule has 304 valence electrons. The van der Waals surface area contributed by atoms with E-state index in [9.17, 15) is 0 Å². The summed E-state index contributed by atoms with van der Waals surface area (Å²) >= 11 is 0. The van der Waals surface area contributed by atoms with E-state index >= 15 is 0 Å². The molecule has 0 aliphatic carbocycles. The second-order valence-electron chi connectivity index (χ2n) is 17.1. The predicted molar refractivity (Wildman–Crippen MR) is 233 cm³/mol. The lowest BCUT2D eigenvalue weighted by atomic mass is 10.0. The van der Waals surface area contributed by atoms with Crippen molar-refractivity contribution in [2.45, 2.75) is 290 Å². The molecule has 1 unspecified atom stereocenters. The lowest BCUT2D eigenvalue weighted by molar-refractivity contribution is 0.135. The van der Waals surface area contributed by atoms with Crippen molar-refractivity contribution in [3.63, 3.8) is 0 Å². The van der Waals surface area contributed by atoms with E-state index in [0.29, 0.717) is 6.17 Å². The van der Waals surface area contributed by atoms with Gasteiger partial charge < -0.3 is 9.80 Å². The fourth-order valence-electron chi connectivity index (χ4n) is 8.48. The normalized spacial score (nSPS) is 14.5. The lowest BCUT2D eigenvalue weighted by Crippen LogP contribution is -2.39. The zero-order valence-electron chi connectivity index (χ0n) is 36.0. The molecule has 1 aliphatic heterocycles. The highest BCUT2D eigenvalue weighted by atomic mass is 15.4. The first kappa shape index (κ1) is 48.4. The largest absolute Gasteiger partial charge is 0.356 e. The van der Waals surface area contributed by atoms with Crippen molar-refractivity contribution in [2.75, 3.05) is 13.1 Å². The highest BCUT2D eigenvalue weighted by Gasteiger charge is 2.24. The number of unbranched alkanes of at least 4 members (excludes halogenated alkanes) is 37. The Hall–Kier alpha value is -0.660. The van der Waals surface area contributed by atoms with Gasteiger partial charge in [-0.3, -0.25) is 0 Å². The van der Waals surface area contributed by atoms with E-state index in [4.69, 9.17) is 0 Å².